The lowest BCUT2D eigenvalue weighted by Gasteiger charge is -2.34. The highest BCUT2D eigenvalue weighted by molar-refractivity contribution is 5.78. The van der Waals surface area contributed by atoms with Crippen molar-refractivity contribution in [3.05, 3.63) is 81.9 Å². The molecule has 1 aromatic heterocycles. The zero-order valence-electron chi connectivity index (χ0n) is 17.6. The molecule has 0 unspecified atom stereocenters. The average Bonchev–Trinajstić information content (AvgIpc) is 2.74. The van der Waals surface area contributed by atoms with Crippen LogP contribution in [0.5, 0.6) is 0 Å². The number of nitrogens with zero attached hydrogens (tertiary/aromatic N) is 2. The zero-order valence-corrected chi connectivity index (χ0v) is 17.6. The molecular weight excluding hydrogens is 377 g/mol. The number of rotatable bonds is 7. The fourth-order valence-electron chi connectivity index (χ4n) is 4.46. The molecule has 2 aromatic carbocycles. The van der Waals surface area contributed by atoms with Crippen LogP contribution in [0.3, 0.4) is 0 Å². The van der Waals surface area contributed by atoms with Crippen LogP contribution in [0.15, 0.2) is 59.4 Å². The first-order valence-corrected chi connectivity index (χ1v) is 10.8. The summed E-state index contributed by atoms with van der Waals surface area (Å²) >= 11 is 0. The molecule has 4 rings (SSSR count). The van der Waals surface area contributed by atoms with Gasteiger partial charge in [-0.05, 0) is 75.1 Å². The first kappa shape index (κ1) is 20.8. The Labute approximate surface area is 177 Å². The normalized spacial score (nSPS) is 15.8. The van der Waals surface area contributed by atoms with E-state index >= 15 is 0 Å². The molecule has 1 N–H and O–H groups in total. The topological polar surface area (TPSA) is 39.3 Å². The number of aromatic amines is 1. The van der Waals surface area contributed by atoms with Crippen LogP contribution in [0.4, 0.5) is 4.39 Å². The third kappa shape index (κ3) is 5.35. The molecule has 1 fully saturated rings. The van der Waals surface area contributed by atoms with Crippen molar-refractivity contribution in [2.75, 3.05) is 33.2 Å². The van der Waals surface area contributed by atoms with Gasteiger partial charge in [-0.2, -0.15) is 0 Å². The van der Waals surface area contributed by atoms with E-state index in [1.165, 1.54) is 18.4 Å². The maximum atomic E-state index is 13.0. The molecule has 3 aromatic rings. The van der Waals surface area contributed by atoms with E-state index in [2.05, 4.69) is 21.8 Å². The van der Waals surface area contributed by atoms with Crippen molar-refractivity contribution in [3.63, 3.8) is 0 Å². The van der Waals surface area contributed by atoms with Crippen molar-refractivity contribution in [1.29, 1.82) is 0 Å². The van der Waals surface area contributed by atoms with E-state index in [9.17, 15) is 9.18 Å². The third-order valence-corrected chi connectivity index (χ3v) is 6.14. The van der Waals surface area contributed by atoms with Crippen LogP contribution in [0.25, 0.3) is 10.9 Å². The first-order chi connectivity index (χ1) is 14.6. The van der Waals surface area contributed by atoms with Gasteiger partial charge >= 0.3 is 0 Å². The van der Waals surface area contributed by atoms with Crippen LogP contribution >= 0.6 is 0 Å². The maximum Gasteiger partial charge on any atom is 0.189 e. The van der Waals surface area contributed by atoms with Gasteiger partial charge in [0.15, 0.2) is 5.43 Å². The largest absolute Gasteiger partial charge is 0.357 e. The van der Waals surface area contributed by atoms with Gasteiger partial charge in [-0.25, -0.2) is 4.39 Å². The quantitative estimate of drug-likeness (QED) is 0.642. The monoisotopic (exact) mass is 407 g/mol. The SMILES string of the molecule is CN(Cc1cc(=O)c2ccccc2[nH]1)CC1CCN(CCc2ccc(F)cc2)CC1. The van der Waals surface area contributed by atoms with Crippen LogP contribution < -0.4 is 5.43 Å². The van der Waals surface area contributed by atoms with Crippen molar-refractivity contribution in [3.8, 4) is 0 Å². The number of hydrogen-bond acceptors (Lipinski definition) is 3. The van der Waals surface area contributed by atoms with E-state index in [0.29, 0.717) is 5.92 Å². The number of fused-ring (bicyclic) bond motifs is 1. The summed E-state index contributed by atoms with van der Waals surface area (Å²) in [5, 5.41) is 0.747. The Hall–Kier alpha value is -2.50. The van der Waals surface area contributed by atoms with Crippen LogP contribution in [-0.4, -0.2) is 48.0 Å². The summed E-state index contributed by atoms with van der Waals surface area (Å²) in [6, 6.07) is 16.3. The van der Waals surface area contributed by atoms with Crippen LogP contribution in [-0.2, 0) is 13.0 Å². The smallest absolute Gasteiger partial charge is 0.189 e. The minimum Gasteiger partial charge on any atom is -0.357 e. The third-order valence-electron chi connectivity index (χ3n) is 6.14. The van der Waals surface area contributed by atoms with Gasteiger partial charge in [0.05, 0.1) is 0 Å². The summed E-state index contributed by atoms with van der Waals surface area (Å²) in [7, 11) is 2.13. The Kier molecular flexibility index (Phi) is 6.60. The van der Waals surface area contributed by atoms with Gasteiger partial charge in [-0.3, -0.25) is 4.79 Å². The van der Waals surface area contributed by atoms with Crippen LogP contribution in [0.2, 0.25) is 0 Å². The number of aromatic nitrogens is 1. The maximum absolute atomic E-state index is 13.0. The number of H-pyrrole nitrogens is 1. The Bertz CT molecular complexity index is 1020. The van der Waals surface area contributed by atoms with E-state index < -0.39 is 0 Å². The Morgan fingerprint density at radius 1 is 1.10 bits per heavy atom. The Morgan fingerprint density at radius 3 is 2.60 bits per heavy atom. The fourth-order valence-corrected chi connectivity index (χ4v) is 4.46. The molecule has 0 atom stereocenters. The molecule has 4 nitrogen and oxygen atoms in total. The van der Waals surface area contributed by atoms with Gasteiger partial charge in [-0.1, -0.05) is 24.3 Å². The number of nitrogens with one attached hydrogen (secondary N) is 1. The molecule has 30 heavy (non-hydrogen) atoms. The van der Waals surface area contributed by atoms with Gasteiger partial charge in [0.2, 0.25) is 0 Å². The number of piperidine rings is 1. The summed E-state index contributed by atoms with van der Waals surface area (Å²) in [6.45, 7) is 5.07. The van der Waals surface area contributed by atoms with Gasteiger partial charge in [0, 0.05) is 42.3 Å². The minimum atomic E-state index is -0.170. The predicted octanol–water partition coefficient (Wildman–Crippen LogP) is 4.05. The van der Waals surface area contributed by atoms with Crippen LogP contribution in [0, 0.1) is 11.7 Å². The predicted molar refractivity (Wildman–Crippen MR) is 120 cm³/mol. The number of benzene rings is 2. The van der Waals surface area contributed by atoms with Gasteiger partial charge in [-0.15, -0.1) is 0 Å². The highest BCUT2D eigenvalue weighted by Gasteiger charge is 2.20. The molecular formula is C25H30FN3O. The second-order valence-corrected chi connectivity index (χ2v) is 8.56. The van der Waals surface area contributed by atoms with Crippen molar-refractivity contribution < 1.29 is 4.39 Å². The lowest BCUT2D eigenvalue weighted by atomic mass is 9.96. The fraction of sp³-hybridized carbons (Fsp3) is 0.400. The van der Waals surface area contributed by atoms with Gasteiger partial charge < -0.3 is 14.8 Å². The zero-order chi connectivity index (χ0) is 20.9. The van der Waals surface area contributed by atoms with E-state index in [4.69, 9.17) is 0 Å². The van der Waals surface area contributed by atoms with Crippen molar-refractivity contribution >= 4 is 10.9 Å². The van der Waals surface area contributed by atoms with Gasteiger partial charge in [0.25, 0.3) is 0 Å². The van der Waals surface area contributed by atoms with Crippen molar-refractivity contribution in [2.24, 2.45) is 5.92 Å². The molecule has 2 heterocycles. The molecule has 1 aliphatic rings. The molecule has 158 valence electrons. The van der Waals surface area contributed by atoms with Gasteiger partial charge in [0.1, 0.15) is 5.82 Å². The lowest BCUT2D eigenvalue weighted by Crippen LogP contribution is -2.38. The number of likely N-dealkylation sites (tertiary alicyclic amines) is 1. The molecule has 0 radical (unpaired) electrons. The van der Waals surface area contributed by atoms with Crippen LogP contribution in [0.1, 0.15) is 24.1 Å². The molecule has 1 aliphatic heterocycles. The lowest BCUT2D eigenvalue weighted by molar-refractivity contribution is 0.153. The molecule has 0 aliphatic carbocycles. The summed E-state index contributed by atoms with van der Waals surface area (Å²) in [6.07, 6.45) is 3.37. The van der Waals surface area contributed by atoms with E-state index in [1.807, 2.05) is 36.4 Å². The summed E-state index contributed by atoms with van der Waals surface area (Å²) in [5.74, 6) is 0.515. The molecule has 0 amide bonds. The minimum absolute atomic E-state index is 0.0854. The average molecular weight is 408 g/mol. The Balaban J connectivity index is 1.24. The summed E-state index contributed by atoms with van der Waals surface area (Å²) in [4.78, 5) is 20.6. The second-order valence-electron chi connectivity index (χ2n) is 8.56. The number of halogens is 1. The highest BCUT2D eigenvalue weighted by atomic mass is 19.1. The summed E-state index contributed by atoms with van der Waals surface area (Å²) in [5.41, 5.74) is 3.16. The standard InChI is InChI=1S/C25H30FN3O/c1-28(18-22-16-25(30)23-4-2-3-5-24(23)27-22)17-20-11-14-29(15-12-20)13-10-19-6-8-21(26)9-7-19/h2-9,16,20H,10-15,17-18H2,1H3,(H,27,30). The highest BCUT2D eigenvalue weighted by Crippen LogP contribution is 2.19. The molecule has 0 saturated carbocycles. The van der Waals surface area contributed by atoms with Crippen molar-refractivity contribution in [2.45, 2.75) is 25.8 Å². The molecule has 0 spiro atoms. The number of hydrogen-bond donors (Lipinski definition) is 1. The van der Waals surface area contributed by atoms with E-state index in [0.717, 1.165) is 55.7 Å². The molecule has 0 bridgehead atoms. The molecule has 5 heteroatoms. The van der Waals surface area contributed by atoms with Crippen molar-refractivity contribution in [1.82, 2.24) is 14.8 Å². The number of para-hydroxylation sites is 1. The molecule has 1 saturated heterocycles. The Morgan fingerprint density at radius 2 is 1.83 bits per heavy atom. The van der Waals surface area contributed by atoms with E-state index in [-0.39, 0.29) is 11.2 Å². The second kappa shape index (κ2) is 9.54. The number of pyridine rings is 1. The van der Waals surface area contributed by atoms with E-state index in [1.54, 1.807) is 18.2 Å². The summed E-state index contributed by atoms with van der Waals surface area (Å²) < 4.78 is 13.0. The first-order valence-electron chi connectivity index (χ1n) is 10.8.